The predicted molar refractivity (Wildman–Crippen MR) is 78.0 cm³/mol. The summed E-state index contributed by atoms with van der Waals surface area (Å²) in [6, 6.07) is 16.2. The number of para-hydroxylation sites is 1. The second kappa shape index (κ2) is 5.06. The van der Waals surface area contributed by atoms with Crippen LogP contribution in [0.4, 0.5) is 5.82 Å². The molecule has 94 valence electrons. The standard InChI is InChI=1S/C16H15N3/c1-12-10-13-6-2-3-8-15(13)19-16(12)18-11-14-7-4-5-9-17-14/h2-10H,11H2,1H3,(H,18,19). The lowest BCUT2D eigenvalue weighted by molar-refractivity contribution is 1.03. The van der Waals surface area contributed by atoms with Crippen LogP contribution in [0.25, 0.3) is 10.9 Å². The van der Waals surface area contributed by atoms with Crippen LogP contribution in [0.15, 0.2) is 54.7 Å². The van der Waals surface area contributed by atoms with Gasteiger partial charge in [0.1, 0.15) is 5.82 Å². The summed E-state index contributed by atoms with van der Waals surface area (Å²) in [6.45, 7) is 2.76. The van der Waals surface area contributed by atoms with Gasteiger partial charge >= 0.3 is 0 Å². The first-order chi connectivity index (χ1) is 9.33. The van der Waals surface area contributed by atoms with Gasteiger partial charge in [0.2, 0.25) is 0 Å². The van der Waals surface area contributed by atoms with Crippen LogP contribution in [-0.4, -0.2) is 9.97 Å². The maximum Gasteiger partial charge on any atom is 0.129 e. The van der Waals surface area contributed by atoms with E-state index in [0.29, 0.717) is 6.54 Å². The van der Waals surface area contributed by atoms with Crippen molar-refractivity contribution in [2.24, 2.45) is 0 Å². The van der Waals surface area contributed by atoms with Crippen molar-refractivity contribution in [3.63, 3.8) is 0 Å². The van der Waals surface area contributed by atoms with Crippen molar-refractivity contribution in [3.05, 3.63) is 66.0 Å². The molecule has 0 aliphatic rings. The van der Waals surface area contributed by atoms with Gasteiger partial charge in [0.25, 0.3) is 0 Å². The number of nitrogens with one attached hydrogen (secondary N) is 1. The number of pyridine rings is 2. The Labute approximate surface area is 112 Å². The van der Waals surface area contributed by atoms with E-state index < -0.39 is 0 Å². The first-order valence-corrected chi connectivity index (χ1v) is 6.33. The van der Waals surface area contributed by atoms with E-state index in [-0.39, 0.29) is 0 Å². The van der Waals surface area contributed by atoms with Crippen LogP contribution in [0.1, 0.15) is 11.3 Å². The molecule has 0 saturated carbocycles. The van der Waals surface area contributed by atoms with Gasteiger partial charge in [0.15, 0.2) is 0 Å². The van der Waals surface area contributed by atoms with Gasteiger partial charge in [-0.3, -0.25) is 4.98 Å². The Morgan fingerprint density at radius 1 is 1.05 bits per heavy atom. The van der Waals surface area contributed by atoms with Crippen molar-refractivity contribution < 1.29 is 0 Å². The fraction of sp³-hybridized carbons (Fsp3) is 0.125. The van der Waals surface area contributed by atoms with E-state index >= 15 is 0 Å². The number of fused-ring (bicyclic) bond motifs is 1. The Balaban J connectivity index is 1.86. The van der Waals surface area contributed by atoms with E-state index in [2.05, 4.69) is 34.3 Å². The highest BCUT2D eigenvalue weighted by Gasteiger charge is 2.03. The van der Waals surface area contributed by atoms with Gasteiger partial charge in [0.05, 0.1) is 17.8 Å². The lowest BCUT2D eigenvalue weighted by Crippen LogP contribution is -2.04. The van der Waals surface area contributed by atoms with E-state index in [1.807, 2.05) is 36.4 Å². The molecule has 3 rings (SSSR count). The summed E-state index contributed by atoms with van der Waals surface area (Å²) < 4.78 is 0. The molecule has 0 radical (unpaired) electrons. The summed E-state index contributed by atoms with van der Waals surface area (Å²) in [4.78, 5) is 8.95. The van der Waals surface area contributed by atoms with E-state index in [1.165, 1.54) is 5.39 Å². The largest absolute Gasteiger partial charge is 0.364 e. The van der Waals surface area contributed by atoms with Gasteiger partial charge in [-0.25, -0.2) is 4.98 Å². The Morgan fingerprint density at radius 3 is 2.74 bits per heavy atom. The first-order valence-electron chi connectivity index (χ1n) is 6.33. The van der Waals surface area contributed by atoms with Crippen molar-refractivity contribution in [2.75, 3.05) is 5.32 Å². The van der Waals surface area contributed by atoms with Crippen molar-refractivity contribution in [3.8, 4) is 0 Å². The molecule has 0 aliphatic heterocycles. The topological polar surface area (TPSA) is 37.8 Å². The summed E-state index contributed by atoms with van der Waals surface area (Å²) in [5.74, 6) is 0.921. The van der Waals surface area contributed by atoms with E-state index in [1.54, 1.807) is 6.20 Å². The number of benzene rings is 1. The molecule has 0 fully saturated rings. The minimum atomic E-state index is 0.688. The van der Waals surface area contributed by atoms with E-state index in [4.69, 9.17) is 0 Å². The van der Waals surface area contributed by atoms with Crippen LogP contribution < -0.4 is 5.32 Å². The first kappa shape index (κ1) is 11.7. The second-order valence-corrected chi connectivity index (χ2v) is 4.52. The fourth-order valence-corrected chi connectivity index (χ4v) is 2.08. The number of nitrogens with zero attached hydrogens (tertiary/aromatic N) is 2. The highest BCUT2D eigenvalue weighted by Crippen LogP contribution is 2.19. The molecule has 1 N–H and O–H groups in total. The Morgan fingerprint density at radius 2 is 1.89 bits per heavy atom. The number of rotatable bonds is 3. The normalized spacial score (nSPS) is 10.6. The van der Waals surface area contributed by atoms with E-state index in [9.17, 15) is 0 Å². The molecule has 3 aromatic rings. The smallest absolute Gasteiger partial charge is 0.129 e. The van der Waals surface area contributed by atoms with Crippen LogP contribution in [0.3, 0.4) is 0 Å². The lowest BCUT2D eigenvalue weighted by Gasteiger charge is -2.09. The Hall–Kier alpha value is -2.42. The molecule has 2 heterocycles. The molecule has 3 nitrogen and oxygen atoms in total. The number of hydrogen-bond donors (Lipinski definition) is 1. The zero-order chi connectivity index (χ0) is 13.1. The van der Waals surface area contributed by atoms with Crippen LogP contribution >= 0.6 is 0 Å². The van der Waals surface area contributed by atoms with Crippen LogP contribution in [0.5, 0.6) is 0 Å². The average molecular weight is 249 g/mol. The summed E-state index contributed by atoms with van der Waals surface area (Å²) in [5, 5.41) is 4.52. The third kappa shape index (κ3) is 2.55. The highest BCUT2D eigenvalue weighted by atomic mass is 15.0. The van der Waals surface area contributed by atoms with Gasteiger partial charge in [0, 0.05) is 11.6 Å². The fourth-order valence-electron chi connectivity index (χ4n) is 2.08. The molecular weight excluding hydrogens is 234 g/mol. The van der Waals surface area contributed by atoms with Gasteiger partial charge in [-0.15, -0.1) is 0 Å². The third-order valence-corrected chi connectivity index (χ3v) is 3.08. The van der Waals surface area contributed by atoms with Crippen LogP contribution in [0, 0.1) is 6.92 Å². The molecule has 0 bridgehead atoms. The molecule has 19 heavy (non-hydrogen) atoms. The van der Waals surface area contributed by atoms with Crippen LogP contribution in [0.2, 0.25) is 0 Å². The van der Waals surface area contributed by atoms with Crippen molar-refractivity contribution in [1.82, 2.24) is 9.97 Å². The molecule has 0 aliphatic carbocycles. The summed E-state index contributed by atoms with van der Waals surface area (Å²) in [5.41, 5.74) is 3.17. The summed E-state index contributed by atoms with van der Waals surface area (Å²) in [7, 11) is 0. The maximum atomic E-state index is 4.65. The molecule has 0 saturated heterocycles. The molecule has 0 atom stereocenters. The van der Waals surface area contributed by atoms with E-state index in [0.717, 1.165) is 22.6 Å². The Kier molecular flexibility index (Phi) is 3.11. The van der Waals surface area contributed by atoms with Crippen molar-refractivity contribution in [2.45, 2.75) is 13.5 Å². The zero-order valence-corrected chi connectivity index (χ0v) is 10.8. The molecule has 0 spiro atoms. The van der Waals surface area contributed by atoms with Crippen molar-refractivity contribution >= 4 is 16.7 Å². The summed E-state index contributed by atoms with van der Waals surface area (Å²) >= 11 is 0. The molecule has 2 aromatic heterocycles. The molecular formula is C16H15N3. The maximum absolute atomic E-state index is 4.65. The van der Waals surface area contributed by atoms with Gasteiger partial charge in [-0.05, 0) is 36.8 Å². The van der Waals surface area contributed by atoms with Gasteiger partial charge in [-0.1, -0.05) is 24.3 Å². The quantitative estimate of drug-likeness (QED) is 0.771. The monoisotopic (exact) mass is 249 g/mol. The van der Waals surface area contributed by atoms with Gasteiger partial charge in [-0.2, -0.15) is 0 Å². The number of anilines is 1. The zero-order valence-electron chi connectivity index (χ0n) is 10.8. The Bertz CT molecular complexity index is 693. The van der Waals surface area contributed by atoms with Crippen LogP contribution in [-0.2, 0) is 6.54 Å². The highest BCUT2D eigenvalue weighted by molar-refractivity contribution is 5.81. The second-order valence-electron chi connectivity index (χ2n) is 4.52. The molecule has 3 heteroatoms. The van der Waals surface area contributed by atoms with Crippen molar-refractivity contribution in [1.29, 1.82) is 0 Å². The number of aromatic nitrogens is 2. The van der Waals surface area contributed by atoms with Gasteiger partial charge < -0.3 is 5.32 Å². The lowest BCUT2D eigenvalue weighted by atomic mass is 10.1. The SMILES string of the molecule is Cc1cc2ccccc2nc1NCc1ccccn1. The molecule has 1 aromatic carbocycles. The molecule has 0 amide bonds. The number of hydrogen-bond acceptors (Lipinski definition) is 3. The number of aryl methyl sites for hydroxylation is 1. The third-order valence-electron chi connectivity index (χ3n) is 3.08. The molecule has 0 unspecified atom stereocenters. The minimum Gasteiger partial charge on any atom is -0.364 e. The summed E-state index contributed by atoms with van der Waals surface area (Å²) in [6.07, 6.45) is 1.80. The minimum absolute atomic E-state index is 0.688. The average Bonchev–Trinajstić information content (AvgIpc) is 2.46. The predicted octanol–water partition coefficient (Wildman–Crippen LogP) is 3.55.